The summed E-state index contributed by atoms with van der Waals surface area (Å²) in [5, 5.41) is 6.56. The zero-order valence-corrected chi connectivity index (χ0v) is 18.2. The van der Waals surface area contributed by atoms with Crippen molar-refractivity contribution in [1.82, 2.24) is 5.32 Å². The third-order valence-corrected chi connectivity index (χ3v) is 5.93. The summed E-state index contributed by atoms with van der Waals surface area (Å²) in [6, 6.07) is 8.33. The molecule has 2 N–H and O–H groups in total. The van der Waals surface area contributed by atoms with Gasteiger partial charge in [-0.05, 0) is 74.7 Å². The van der Waals surface area contributed by atoms with Crippen molar-refractivity contribution in [1.29, 1.82) is 0 Å². The lowest BCUT2D eigenvalue weighted by Gasteiger charge is -2.32. The molecule has 154 valence electrons. The number of nitrogens with one attached hydrogen (secondary N) is 2. The second kappa shape index (κ2) is 11.8. The van der Waals surface area contributed by atoms with Crippen molar-refractivity contribution in [2.45, 2.75) is 46.0 Å². The number of amides is 1. The Kier molecular flexibility index (Phi) is 10.5. The van der Waals surface area contributed by atoms with Crippen LogP contribution in [0.4, 0.5) is 11.4 Å². The van der Waals surface area contributed by atoms with Gasteiger partial charge in [-0.3, -0.25) is 4.79 Å². The molecule has 2 unspecified atom stereocenters. The predicted molar refractivity (Wildman–Crippen MR) is 120 cm³/mol. The standard InChI is InChI=1S/C21H33N3O.2ClH/c1-16-8-11-24(12-9-16)20-7-3-6-19(14-20)23-21(25)13-17(2)18-5-4-10-22-15-18;;/h3,6-7,14,16-18,22H,4-5,8-13,15H2,1-2H3,(H,23,25);2*1H. The molecule has 2 fully saturated rings. The summed E-state index contributed by atoms with van der Waals surface area (Å²) in [4.78, 5) is 14.9. The monoisotopic (exact) mass is 415 g/mol. The Morgan fingerprint density at radius 1 is 1.26 bits per heavy atom. The number of benzene rings is 1. The largest absolute Gasteiger partial charge is 0.371 e. The van der Waals surface area contributed by atoms with Crippen molar-refractivity contribution in [2.75, 3.05) is 36.4 Å². The lowest BCUT2D eigenvalue weighted by Crippen LogP contribution is -2.34. The molecular formula is C21H35Cl2N3O. The molecule has 2 aliphatic heterocycles. The number of piperidine rings is 2. The Labute approximate surface area is 176 Å². The number of anilines is 2. The number of halogens is 2. The lowest BCUT2D eigenvalue weighted by molar-refractivity contribution is -0.117. The van der Waals surface area contributed by atoms with Gasteiger partial charge in [0.15, 0.2) is 0 Å². The van der Waals surface area contributed by atoms with E-state index >= 15 is 0 Å². The van der Waals surface area contributed by atoms with Gasteiger partial charge in [-0.1, -0.05) is 19.9 Å². The van der Waals surface area contributed by atoms with E-state index in [-0.39, 0.29) is 30.7 Å². The highest BCUT2D eigenvalue weighted by Gasteiger charge is 2.22. The van der Waals surface area contributed by atoms with Crippen molar-refractivity contribution in [2.24, 2.45) is 17.8 Å². The molecule has 2 heterocycles. The van der Waals surface area contributed by atoms with E-state index in [1.54, 1.807) is 0 Å². The fourth-order valence-corrected chi connectivity index (χ4v) is 4.08. The smallest absolute Gasteiger partial charge is 0.224 e. The van der Waals surface area contributed by atoms with Gasteiger partial charge < -0.3 is 15.5 Å². The zero-order chi connectivity index (χ0) is 17.6. The van der Waals surface area contributed by atoms with Gasteiger partial charge in [0.2, 0.25) is 5.91 Å². The third-order valence-electron chi connectivity index (χ3n) is 5.93. The lowest BCUT2D eigenvalue weighted by atomic mass is 9.85. The van der Waals surface area contributed by atoms with Crippen LogP contribution in [-0.2, 0) is 4.79 Å². The minimum Gasteiger partial charge on any atom is -0.371 e. The van der Waals surface area contributed by atoms with E-state index in [2.05, 4.69) is 47.6 Å². The molecule has 0 spiro atoms. The Morgan fingerprint density at radius 3 is 2.67 bits per heavy atom. The Hall–Kier alpha value is -0.970. The van der Waals surface area contributed by atoms with Crippen LogP contribution in [0.5, 0.6) is 0 Å². The first-order valence-corrected chi connectivity index (χ1v) is 9.97. The van der Waals surface area contributed by atoms with Crippen LogP contribution in [0, 0.1) is 17.8 Å². The molecular weight excluding hydrogens is 381 g/mol. The van der Waals surface area contributed by atoms with E-state index in [4.69, 9.17) is 0 Å². The molecule has 0 saturated carbocycles. The highest BCUT2D eigenvalue weighted by molar-refractivity contribution is 5.91. The predicted octanol–water partition coefficient (Wildman–Crippen LogP) is 4.73. The molecule has 2 saturated heterocycles. The molecule has 27 heavy (non-hydrogen) atoms. The van der Waals surface area contributed by atoms with Gasteiger partial charge in [0, 0.05) is 30.9 Å². The number of carbonyl (C=O) groups excluding carboxylic acids is 1. The van der Waals surface area contributed by atoms with Gasteiger partial charge in [-0.15, -0.1) is 24.8 Å². The van der Waals surface area contributed by atoms with Crippen LogP contribution in [0.2, 0.25) is 0 Å². The average molecular weight is 416 g/mol. The minimum atomic E-state index is 0. The van der Waals surface area contributed by atoms with Gasteiger partial charge >= 0.3 is 0 Å². The molecule has 0 aliphatic carbocycles. The Balaban J connectivity index is 0.00000182. The number of rotatable bonds is 5. The maximum absolute atomic E-state index is 12.5. The van der Waals surface area contributed by atoms with E-state index in [9.17, 15) is 4.79 Å². The Morgan fingerprint density at radius 2 is 2.00 bits per heavy atom. The van der Waals surface area contributed by atoms with E-state index in [1.807, 2.05) is 6.07 Å². The normalized spacial score (nSPS) is 21.6. The topological polar surface area (TPSA) is 44.4 Å². The molecule has 2 aliphatic rings. The van der Waals surface area contributed by atoms with Gasteiger partial charge in [-0.2, -0.15) is 0 Å². The van der Waals surface area contributed by atoms with Gasteiger partial charge in [0.25, 0.3) is 0 Å². The maximum atomic E-state index is 12.5. The maximum Gasteiger partial charge on any atom is 0.224 e. The van der Waals surface area contributed by atoms with Gasteiger partial charge in [0.05, 0.1) is 0 Å². The second-order valence-electron chi connectivity index (χ2n) is 8.06. The van der Waals surface area contributed by atoms with Crippen molar-refractivity contribution < 1.29 is 4.79 Å². The van der Waals surface area contributed by atoms with Crippen molar-refractivity contribution in [3.05, 3.63) is 24.3 Å². The molecule has 3 rings (SSSR count). The van der Waals surface area contributed by atoms with E-state index in [0.29, 0.717) is 18.3 Å². The van der Waals surface area contributed by atoms with Crippen molar-refractivity contribution >= 4 is 42.1 Å². The van der Waals surface area contributed by atoms with E-state index in [1.165, 1.54) is 31.4 Å². The highest BCUT2D eigenvalue weighted by Crippen LogP contribution is 2.26. The van der Waals surface area contributed by atoms with Crippen LogP contribution >= 0.6 is 24.8 Å². The van der Waals surface area contributed by atoms with Crippen molar-refractivity contribution in [3.8, 4) is 0 Å². The van der Waals surface area contributed by atoms with Crippen LogP contribution in [0.15, 0.2) is 24.3 Å². The van der Waals surface area contributed by atoms with Crippen LogP contribution in [0.25, 0.3) is 0 Å². The second-order valence-corrected chi connectivity index (χ2v) is 8.06. The van der Waals surface area contributed by atoms with Crippen molar-refractivity contribution in [3.63, 3.8) is 0 Å². The zero-order valence-electron chi connectivity index (χ0n) is 16.6. The molecule has 4 nitrogen and oxygen atoms in total. The van der Waals surface area contributed by atoms with Crippen LogP contribution in [-0.4, -0.2) is 32.1 Å². The Bertz CT molecular complexity index is 570. The molecule has 6 heteroatoms. The summed E-state index contributed by atoms with van der Waals surface area (Å²) in [6.45, 7) is 8.95. The quantitative estimate of drug-likeness (QED) is 0.729. The number of hydrogen-bond donors (Lipinski definition) is 2. The van der Waals surface area contributed by atoms with Gasteiger partial charge in [-0.25, -0.2) is 0 Å². The summed E-state index contributed by atoms with van der Waals surface area (Å²) in [5.41, 5.74) is 2.16. The molecule has 0 bridgehead atoms. The third kappa shape index (κ3) is 7.17. The molecule has 1 aromatic carbocycles. The fourth-order valence-electron chi connectivity index (χ4n) is 4.08. The SMILES string of the molecule is CC1CCN(c2cccc(NC(=O)CC(C)C3CCCNC3)c2)CC1.Cl.Cl. The van der Waals surface area contributed by atoms with Crippen LogP contribution in [0.3, 0.4) is 0 Å². The average Bonchev–Trinajstić information content (AvgIpc) is 2.63. The molecule has 0 aromatic heterocycles. The fraction of sp³-hybridized carbons (Fsp3) is 0.667. The summed E-state index contributed by atoms with van der Waals surface area (Å²) < 4.78 is 0. The van der Waals surface area contributed by atoms with E-state index < -0.39 is 0 Å². The first-order valence-electron chi connectivity index (χ1n) is 9.97. The minimum absolute atomic E-state index is 0. The molecule has 0 radical (unpaired) electrons. The summed E-state index contributed by atoms with van der Waals surface area (Å²) in [7, 11) is 0. The first-order chi connectivity index (χ1) is 12.1. The van der Waals surface area contributed by atoms with E-state index in [0.717, 1.165) is 37.8 Å². The summed E-state index contributed by atoms with van der Waals surface area (Å²) in [6.07, 6.45) is 5.59. The molecule has 2 atom stereocenters. The summed E-state index contributed by atoms with van der Waals surface area (Å²) in [5.74, 6) is 2.03. The molecule has 1 aromatic rings. The first kappa shape index (κ1) is 24.1. The van der Waals surface area contributed by atoms with Crippen LogP contribution < -0.4 is 15.5 Å². The summed E-state index contributed by atoms with van der Waals surface area (Å²) >= 11 is 0. The number of hydrogen-bond acceptors (Lipinski definition) is 3. The number of carbonyl (C=O) groups is 1. The number of nitrogens with zero attached hydrogens (tertiary/aromatic N) is 1. The molecule has 1 amide bonds. The van der Waals surface area contributed by atoms with Gasteiger partial charge in [0.1, 0.15) is 0 Å². The van der Waals surface area contributed by atoms with Crippen LogP contribution in [0.1, 0.15) is 46.0 Å². The highest BCUT2D eigenvalue weighted by atomic mass is 35.5.